The zero-order valence-corrected chi connectivity index (χ0v) is 16.4. The van der Waals surface area contributed by atoms with E-state index in [0.717, 1.165) is 0 Å². The first-order chi connectivity index (χ1) is 9.71. The minimum Gasteiger partial charge on any atom is -0.444 e. The molecule has 0 aromatic carbocycles. The van der Waals surface area contributed by atoms with E-state index in [9.17, 15) is 9.90 Å². The Morgan fingerprint density at radius 2 is 1.68 bits per heavy atom. The number of carbonyl (C=O) groups is 1. The van der Waals surface area contributed by atoms with Crippen molar-refractivity contribution in [3.8, 4) is 0 Å². The maximum Gasteiger partial charge on any atom is 0.410 e. The molecule has 2 atom stereocenters. The van der Waals surface area contributed by atoms with E-state index in [1.54, 1.807) is 4.90 Å². The number of aliphatic hydroxyl groups excluding tert-OH is 1. The van der Waals surface area contributed by atoms with Gasteiger partial charge in [-0.1, -0.05) is 20.8 Å². The van der Waals surface area contributed by atoms with Crippen LogP contribution in [0, 0.1) is 0 Å². The van der Waals surface area contributed by atoms with Crippen LogP contribution in [0.15, 0.2) is 0 Å². The molecule has 0 aromatic heterocycles. The van der Waals surface area contributed by atoms with Gasteiger partial charge < -0.3 is 19.2 Å². The topological polar surface area (TPSA) is 59.0 Å². The summed E-state index contributed by atoms with van der Waals surface area (Å²) in [5.41, 5.74) is -0.532. The quantitative estimate of drug-likeness (QED) is 0.788. The van der Waals surface area contributed by atoms with E-state index in [1.807, 2.05) is 20.8 Å². The fourth-order valence-corrected chi connectivity index (χ4v) is 3.54. The number of aliphatic hydroxyl groups is 1. The molecule has 0 radical (unpaired) electrons. The van der Waals surface area contributed by atoms with Crippen LogP contribution in [0.2, 0.25) is 18.1 Å². The zero-order chi connectivity index (χ0) is 17.3. The van der Waals surface area contributed by atoms with Crippen molar-refractivity contribution < 1.29 is 19.1 Å². The molecule has 1 N–H and O–H groups in total. The van der Waals surface area contributed by atoms with Crippen LogP contribution >= 0.6 is 0 Å². The van der Waals surface area contributed by atoms with Crippen molar-refractivity contribution in [3.05, 3.63) is 0 Å². The molecular weight excluding hydrogens is 298 g/mol. The molecule has 6 heteroatoms. The van der Waals surface area contributed by atoms with Crippen molar-refractivity contribution in [1.29, 1.82) is 0 Å². The Morgan fingerprint density at radius 1 is 1.14 bits per heavy atom. The fraction of sp³-hybridized carbons (Fsp3) is 0.938. The third-order valence-electron chi connectivity index (χ3n) is 4.31. The summed E-state index contributed by atoms with van der Waals surface area (Å²) in [4.78, 5) is 13.8. The van der Waals surface area contributed by atoms with Crippen LogP contribution in [0.3, 0.4) is 0 Å². The molecule has 1 aliphatic rings. The summed E-state index contributed by atoms with van der Waals surface area (Å²) in [6.45, 7) is 17.2. The van der Waals surface area contributed by atoms with Gasteiger partial charge in [-0.15, -0.1) is 0 Å². The van der Waals surface area contributed by atoms with Crippen LogP contribution in [-0.2, 0) is 9.16 Å². The second-order valence-electron chi connectivity index (χ2n) is 8.78. The van der Waals surface area contributed by atoms with Gasteiger partial charge in [-0.25, -0.2) is 4.79 Å². The van der Waals surface area contributed by atoms with Crippen LogP contribution in [0.1, 0.15) is 48.0 Å². The lowest BCUT2D eigenvalue weighted by Gasteiger charge is -2.43. The van der Waals surface area contributed by atoms with Crippen molar-refractivity contribution in [1.82, 2.24) is 4.90 Å². The highest BCUT2D eigenvalue weighted by molar-refractivity contribution is 6.74. The Morgan fingerprint density at radius 3 is 2.14 bits per heavy atom. The van der Waals surface area contributed by atoms with E-state index >= 15 is 0 Å². The zero-order valence-electron chi connectivity index (χ0n) is 15.4. The predicted molar refractivity (Wildman–Crippen MR) is 90.5 cm³/mol. The average molecular weight is 332 g/mol. The van der Waals surface area contributed by atoms with E-state index < -0.39 is 20.0 Å². The van der Waals surface area contributed by atoms with Gasteiger partial charge in [0.2, 0.25) is 0 Å². The lowest BCUT2D eigenvalue weighted by Crippen LogP contribution is -2.54. The molecule has 1 fully saturated rings. The number of likely N-dealkylation sites (tertiary alicyclic amines) is 1. The van der Waals surface area contributed by atoms with Gasteiger partial charge >= 0.3 is 6.09 Å². The third kappa shape index (κ3) is 5.55. The second-order valence-corrected chi connectivity index (χ2v) is 13.5. The molecule has 0 aliphatic carbocycles. The molecule has 0 spiro atoms. The van der Waals surface area contributed by atoms with Crippen molar-refractivity contribution in [2.45, 2.75) is 83.9 Å². The van der Waals surface area contributed by atoms with Gasteiger partial charge in [0.15, 0.2) is 8.32 Å². The summed E-state index contributed by atoms with van der Waals surface area (Å²) in [6, 6.07) is 0. The van der Waals surface area contributed by atoms with Crippen LogP contribution < -0.4 is 0 Å². The van der Waals surface area contributed by atoms with Crippen LogP contribution in [0.4, 0.5) is 4.79 Å². The summed E-state index contributed by atoms with van der Waals surface area (Å²) in [6.07, 6.45) is -0.491. The van der Waals surface area contributed by atoms with Crippen molar-refractivity contribution in [2.24, 2.45) is 0 Å². The van der Waals surface area contributed by atoms with Gasteiger partial charge in [0, 0.05) is 13.0 Å². The number of rotatable bonds is 2. The SMILES string of the molecule is CC(C)(C)OC(=O)N1CC(O[Si](C)(C)C(C)(C)C)C[C@H](O)C1. The summed E-state index contributed by atoms with van der Waals surface area (Å²) in [5, 5.41) is 10.2. The Balaban J connectivity index is 2.74. The fourth-order valence-electron chi connectivity index (χ4n) is 2.18. The monoisotopic (exact) mass is 331 g/mol. The molecule has 1 saturated heterocycles. The molecule has 1 aliphatic heterocycles. The number of β-amino-alcohol motifs (C(OH)–C–C–N with tert-alkyl or cyclic N) is 1. The van der Waals surface area contributed by atoms with Gasteiger partial charge in [-0.2, -0.15) is 0 Å². The smallest absolute Gasteiger partial charge is 0.410 e. The maximum absolute atomic E-state index is 12.2. The van der Waals surface area contributed by atoms with Crippen molar-refractivity contribution >= 4 is 14.4 Å². The molecule has 1 heterocycles. The molecule has 1 amide bonds. The van der Waals surface area contributed by atoms with E-state index in [4.69, 9.17) is 9.16 Å². The van der Waals surface area contributed by atoms with Gasteiger partial charge in [-0.05, 0) is 38.9 Å². The van der Waals surface area contributed by atoms with Crippen LogP contribution in [0.5, 0.6) is 0 Å². The largest absolute Gasteiger partial charge is 0.444 e. The number of hydrogen-bond acceptors (Lipinski definition) is 4. The van der Waals surface area contributed by atoms with Gasteiger partial charge in [0.25, 0.3) is 0 Å². The number of carbonyl (C=O) groups excluding carboxylic acids is 1. The summed E-state index contributed by atoms with van der Waals surface area (Å²) in [7, 11) is -1.92. The van der Waals surface area contributed by atoms with Crippen LogP contribution in [-0.4, -0.2) is 55.3 Å². The lowest BCUT2D eigenvalue weighted by atomic mass is 10.1. The van der Waals surface area contributed by atoms with E-state index in [0.29, 0.717) is 19.5 Å². The highest BCUT2D eigenvalue weighted by Crippen LogP contribution is 2.38. The first kappa shape index (κ1) is 19.5. The van der Waals surface area contributed by atoms with Gasteiger partial charge in [-0.3, -0.25) is 0 Å². The molecule has 22 heavy (non-hydrogen) atoms. The third-order valence-corrected chi connectivity index (χ3v) is 8.84. The number of hydrogen-bond donors (Lipinski definition) is 1. The molecule has 0 saturated carbocycles. The predicted octanol–water partition coefficient (Wildman–Crippen LogP) is 3.38. The minimum absolute atomic E-state index is 0.103. The molecular formula is C16H33NO4Si. The van der Waals surface area contributed by atoms with Crippen LogP contribution in [0.25, 0.3) is 0 Å². The highest BCUT2D eigenvalue weighted by atomic mass is 28.4. The number of nitrogens with zero attached hydrogens (tertiary/aromatic N) is 1. The Hall–Kier alpha value is -0.593. The van der Waals surface area contributed by atoms with Gasteiger partial charge in [0.1, 0.15) is 5.60 Å². The summed E-state index contributed by atoms with van der Waals surface area (Å²) < 4.78 is 11.8. The molecule has 130 valence electrons. The minimum atomic E-state index is -1.92. The first-order valence-electron chi connectivity index (χ1n) is 8.05. The first-order valence-corrected chi connectivity index (χ1v) is 11.0. The molecule has 1 rings (SSSR count). The number of amides is 1. The Kier molecular flexibility index (Phi) is 5.74. The van der Waals surface area contributed by atoms with Gasteiger partial charge in [0.05, 0.1) is 18.8 Å². The molecule has 0 bridgehead atoms. The normalized spacial score (nSPS) is 24.3. The maximum atomic E-state index is 12.2. The van der Waals surface area contributed by atoms with E-state index in [-0.39, 0.29) is 17.2 Å². The average Bonchev–Trinajstić information content (AvgIpc) is 2.23. The lowest BCUT2D eigenvalue weighted by molar-refractivity contribution is -0.0261. The van der Waals surface area contributed by atoms with Crippen molar-refractivity contribution in [3.63, 3.8) is 0 Å². The molecule has 5 nitrogen and oxygen atoms in total. The summed E-state index contributed by atoms with van der Waals surface area (Å²) in [5.74, 6) is 0. The standard InChI is InChI=1S/C16H33NO4Si/c1-15(2,3)20-14(19)17-10-12(18)9-13(11-17)21-22(7,8)16(4,5)6/h12-13,18H,9-11H2,1-8H3/t12-,13?/m0/s1. The summed E-state index contributed by atoms with van der Waals surface area (Å²) >= 11 is 0. The molecule has 0 aromatic rings. The van der Waals surface area contributed by atoms with E-state index in [2.05, 4.69) is 33.9 Å². The van der Waals surface area contributed by atoms with Crippen molar-refractivity contribution in [2.75, 3.05) is 13.1 Å². The Bertz CT molecular complexity index is 398. The van der Waals surface area contributed by atoms with E-state index in [1.165, 1.54) is 0 Å². The highest BCUT2D eigenvalue weighted by Gasteiger charge is 2.41. The second kappa shape index (κ2) is 6.49. The molecule has 1 unspecified atom stereocenters. The Labute approximate surface area is 136 Å². The number of piperidine rings is 1. The number of ether oxygens (including phenoxy) is 1.